The lowest BCUT2D eigenvalue weighted by atomic mass is 10.2. The Morgan fingerprint density at radius 3 is 2.42 bits per heavy atom. The van der Waals surface area contributed by atoms with Gasteiger partial charge in [0.2, 0.25) is 0 Å². The van der Waals surface area contributed by atoms with Crippen molar-refractivity contribution < 1.29 is 9.72 Å². The number of anilines is 2. The van der Waals surface area contributed by atoms with Gasteiger partial charge in [-0.05, 0) is 48.4 Å². The summed E-state index contributed by atoms with van der Waals surface area (Å²) in [6.45, 7) is 4.29. The molecule has 33 heavy (non-hydrogen) atoms. The minimum absolute atomic E-state index is 0.111. The normalized spacial score (nSPS) is 14.5. The quantitative estimate of drug-likeness (QED) is 0.422. The number of rotatable bonds is 6. The lowest BCUT2D eigenvalue weighted by Crippen LogP contribution is -2.31. The molecule has 1 amide bonds. The van der Waals surface area contributed by atoms with Crippen LogP contribution in [0, 0.1) is 10.1 Å². The molecule has 4 rings (SSSR count). The first-order valence-electron chi connectivity index (χ1n) is 10.7. The molecule has 1 fully saturated rings. The van der Waals surface area contributed by atoms with E-state index in [0.29, 0.717) is 16.3 Å². The Balaban J connectivity index is 1.31. The maximum absolute atomic E-state index is 12.4. The predicted molar refractivity (Wildman–Crippen MR) is 129 cm³/mol. The second-order valence-corrected chi connectivity index (χ2v) is 8.34. The number of nitrogens with zero attached hydrogens (tertiary/aromatic N) is 4. The molecule has 9 heteroatoms. The zero-order chi connectivity index (χ0) is 23.2. The van der Waals surface area contributed by atoms with Gasteiger partial charge in [0.1, 0.15) is 5.82 Å². The van der Waals surface area contributed by atoms with Crippen molar-refractivity contribution in [2.45, 2.75) is 13.0 Å². The van der Waals surface area contributed by atoms with Crippen LogP contribution in [0.3, 0.4) is 0 Å². The SMILES string of the molecule is O=C(Nc1ccc(N2CCCN(Cc3ccc([N+](=O)[O-])cc3)CC2)nc1)c1ccc(Cl)cc1. The fourth-order valence-corrected chi connectivity index (χ4v) is 3.92. The van der Waals surface area contributed by atoms with Gasteiger partial charge in [-0.1, -0.05) is 23.7 Å². The van der Waals surface area contributed by atoms with Crippen LogP contribution in [0.4, 0.5) is 17.2 Å². The minimum Gasteiger partial charge on any atom is -0.355 e. The van der Waals surface area contributed by atoms with Crippen molar-refractivity contribution in [3.05, 3.63) is 93.1 Å². The van der Waals surface area contributed by atoms with Crippen LogP contribution >= 0.6 is 11.6 Å². The summed E-state index contributed by atoms with van der Waals surface area (Å²) < 4.78 is 0. The molecule has 3 aromatic rings. The van der Waals surface area contributed by atoms with Crippen LogP contribution in [0.25, 0.3) is 0 Å². The van der Waals surface area contributed by atoms with Crippen molar-refractivity contribution >= 4 is 34.7 Å². The molecule has 0 radical (unpaired) electrons. The van der Waals surface area contributed by atoms with Gasteiger partial charge in [-0.3, -0.25) is 19.8 Å². The zero-order valence-electron chi connectivity index (χ0n) is 18.0. The highest BCUT2D eigenvalue weighted by Gasteiger charge is 2.17. The first-order chi connectivity index (χ1) is 16.0. The summed E-state index contributed by atoms with van der Waals surface area (Å²) in [6, 6.07) is 17.2. The Hall–Kier alpha value is -3.49. The number of nitrogens with one attached hydrogen (secondary N) is 1. The van der Waals surface area contributed by atoms with Gasteiger partial charge in [0.05, 0.1) is 16.8 Å². The highest BCUT2D eigenvalue weighted by atomic mass is 35.5. The molecule has 170 valence electrons. The molecule has 1 aliphatic rings. The van der Waals surface area contributed by atoms with Crippen LogP contribution in [0.1, 0.15) is 22.3 Å². The van der Waals surface area contributed by atoms with Gasteiger partial charge in [0, 0.05) is 55.4 Å². The third-order valence-corrected chi connectivity index (χ3v) is 5.83. The second kappa shape index (κ2) is 10.4. The number of carbonyl (C=O) groups is 1. The van der Waals surface area contributed by atoms with Crippen LogP contribution in [-0.2, 0) is 6.54 Å². The van der Waals surface area contributed by atoms with Gasteiger partial charge in [0.25, 0.3) is 11.6 Å². The van der Waals surface area contributed by atoms with E-state index in [0.717, 1.165) is 50.5 Å². The Morgan fingerprint density at radius 1 is 1.00 bits per heavy atom. The molecular formula is C24H24ClN5O3. The highest BCUT2D eigenvalue weighted by Crippen LogP contribution is 2.19. The van der Waals surface area contributed by atoms with Crippen LogP contribution in [-0.4, -0.2) is 46.9 Å². The number of aromatic nitrogens is 1. The zero-order valence-corrected chi connectivity index (χ0v) is 18.7. The van der Waals surface area contributed by atoms with Crippen LogP contribution in [0.5, 0.6) is 0 Å². The molecule has 1 aliphatic heterocycles. The lowest BCUT2D eigenvalue weighted by Gasteiger charge is -2.23. The van der Waals surface area contributed by atoms with Crippen LogP contribution < -0.4 is 10.2 Å². The first kappa shape index (κ1) is 22.7. The predicted octanol–water partition coefficient (Wildman–Crippen LogP) is 4.61. The van der Waals surface area contributed by atoms with Crippen molar-refractivity contribution in [3.8, 4) is 0 Å². The van der Waals surface area contributed by atoms with E-state index in [9.17, 15) is 14.9 Å². The highest BCUT2D eigenvalue weighted by molar-refractivity contribution is 6.30. The van der Waals surface area contributed by atoms with E-state index in [4.69, 9.17) is 11.6 Å². The average Bonchev–Trinajstić information content (AvgIpc) is 3.06. The monoisotopic (exact) mass is 465 g/mol. The smallest absolute Gasteiger partial charge is 0.269 e. The molecule has 1 aromatic heterocycles. The summed E-state index contributed by atoms with van der Waals surface area (Å²) in [5.41, 5.74) is 2.34. The number of pyridine rings is 1. The van der Waals surface area contributed by atoms with Crippen molar-refractivity contribution in [3.63, 3.8) is 0 Å². The third-order valence-electron chi connectivity index (χ3n) is 5.58. The molecule has 0 atom stereocenters. The number of amides is 1. The molecule has 1 N–H and O–H groups in total. The standard InChI is InChI=1S/C24H24ClN5O3/c25-20-6-4-19(5-7-20)24(31)27-21-8-11-23(26-16-21)29-13-1-12-28(14-15-29)17-18-2-9-22(10-3-18)30(32)33/h2-11,16H,1,12-15,17H2,(H,27,31). The number of hydrogen-bond donors (Lipinski definition) is 1. The van der Waals surface area contributed by atoms with E-state index in [2.05, 4.69) is 20.1 Å². The van der Waals surface area contributed by atoms with Gasteiger partial charge in [-0.2, -0.15) is 0 Å². The summed E-state index contributed by atoms with van der Waals surface area (Å²) >= 11 is 5.87. The van der Waals surface area contributed by atoms with Gasteiger partial charge in [-0.15, -0.1) is 0 Å². The Morgan fingerprint density at radius 2 is 1.76 bits per heavy atom. The number of carbonyl (C=O) groups excluding carboxylic acids is 1. The first-order valence-corrected chi connectivity index (χ1v) is 11.1. The van der Waals surface area contributed by atoms with Gasteiger partial charge in [-0.25, -0.2) is 4.98 Å². The van der Waals surface area contributed by atoms with Crippen molar-refractivity contribution in [2.24, 2.45) is 0 Å². The third kappa shape index (κ3) is 6.06. The molecule has 2 heterocycles. The largest absolute Gasteiger partial charge is 0.355 e. The minimum atomic E-state index is -0.380. The average molecular weight is 466 g/mol. The summed E-state index contributed by atoms with van der Waals surface area (Å²) in [7, 11) is 0. The van der Waals surface area contributed by atoms with E-state index in [1.54, 1.807) is 42.6 Å². The Labute approximate surface area is 197 Å². The molecule has 2 aromatic carbocycles. The molecule has 0 bridgehead atoms. The van der Waals surface area contributed by atoms with E-state index >= 15 is 0 Å². The summed E-state index contributed by atoms with van der Waals surface area (Å²) in [4.78, 5) is 31.9. The Kier molecular flexibility index (Phi) is 7.16. The van der Waals surface area contributed by atoms with E-state index < -0.39 is 0 Å². The van der Waals surface area contributed by atoms with Gasteiger partial charge < -0.3 is 10.2 Å². The number of halogens is 1. The van der Waals surface area contributed by atoms with E-state index in [1.165, 1.54) is 0 Å². The second-order valence-electron chi connectivity index (χ2n) is 7.91. The van der Waals surface area contributed by atoms with Crippen molar-refractivity contribution in [2.75, 3.05) is 36.4 Å². The summed E-state index contributed by atoms with van der Waals surface area (Å²) in [5.74, 6) is 0.662. The number of hydrogen-bond acceptors (Lipinski definition) is 6. The van der Waals surface area contributed by atoms with Crippen LogP contribution in [0.15, 0.2) is 66.9 Å². The number of non-ortho nitro benzene ring substituents is 1. The topological polar surface area (TPSA) is 91.6 Å². The molecule has 1 saturated heterocycles. The summed E-state index contributed by atoms with van der Waals surface area (Å²) in [5, 5.41) is 14.3. The van der Waals surface area contributed by atoms with E-state index in [-0.39, 0.29) is 16.5 Å². The van der Waals surface area contributed by atoms with Crippen molar-refractivity contribution in [1.29, 1.82) is 0 Å². The van der Waals surface area contributed by atoms with Gasteiger partial charge in [0.15, 0.2) is 0 Å². The maximum atomic E-state index is 12.4. The Bertz CT molecular complexity index is 1100. The van der Waals surface area contributed by atoms with Crippen LogP contribution in [0.2, 0.25) is 5.02 Å². The fourth-order valence-electron chi connectivity index (χ4n) is 3.79. The molecule has 0 aliphatic carbocycles. The maximum Gasteiger partial charge on any atom is 0.269 e. The van der Waals surface area contributed by atoms with Crippen molar-refractivity contribution in [1.82, 2.24) is 9.88 Å². The molecule has 0 spiro atoms. The fraction of sp³-hybridized carbons (Fsp3) is 0.250. The van der Waals surface area contributed by atoms with Gasteiger partial charge >= 0.3 is 0 Å². The lowest BCUT2D eigenvalue weighted by molar-refractivity contribution is -0.384. The molecule has 0 unspecified atom stereocenters. The number of benzene rings is 2. The molecule has 8 nitrogen and oxygen atoms in total. The number of nitro benzene ring substituents is 1. The summed E-state index contributed by atoms with van der Waals surface area (Å²) in [6.07, 6.45) is 2.66. The molecule has 0 saturated carbocycles. The molecular weight excluding hydrogens is 442 g/mol. The number of nitro groups is 1. The van der Waals surface area contributed by atoms with E-state index in [1.807, 2.05) is 24.3 Å².